The van der Waals surface area contributed by atoms with Crippen LogP contribution in [0.1, 0.15) is 27.2 Å². The molecule has 0 fully saturated rings. The Balaban J connectivity index is 0. The van der Waals surface area contributed by atoms with Crippen LogP contribution >= 0.6 is 0 Å². The van der Waals surface area contributed by atoms with E-state index in [1.807, 2.05) is 6.92 Å². The summed E-state index contributed by atoms with van der Waals surface area (Å²) in [6, 6.07) is 0. The van der Waals surface area contributed by atoms with Crippen molar-refractivity contribution in [3.05, 3.63) is 10.1 Å². The molecule has 0 heterocycles. The highest BCUT2D eigenvalue weighted by Crippen LogP contribution is 2.00. The molecule has 0 aromatic rings. The average Bonchev–Trinajstić information content (AvgIpc) is 1.98. The van der Waals surface area contributed by atoms with Crippen LogP contribution in [0.25, 0.3) is 0 Å². The van der Waals surface area contributed by atoms with Gasteiger partial charge in [-0.05, 0) is 19.3 Å². The lowest BCUT2D eigenvalue weighted by Crippen LogP contribution is -2.22. The lowest BCUT2D eigenvalue weighted by molar-refractivity contribution is -0.742. The molecular formula is C7H17N5O3. The fourth-order valence-corrected chi connectivity index (χ4v) is 0.775. The Morgan fingerprint density at radius 3 is 2.13 bits per heavy atom. The van der Waals surface area contributed by atoms with E-state index in [0.717, 1.165) is 12.1 Å². The summed E-state index contributed by atoms with van der Waals surface area (Å²) >= 11 is 0. The first kappa shape index (κ1) is 15.6. The van der Waals surface area contributed by atoms with E-state index < -0.39 is 5.09 Å². The largest absolute Gasteiger partial charge is 0.369 e. The van der Waals surface area contributed by atoms with Gasteiger partial charge in [0.2, 0.25) is 5.96 Å². The minimum Gasteiger partial charge on any atom is -0.369 e. The molecule has 8 heteroatoms. The standard InChI is InChI=1S/C7H16N4.HNO3/c1-5(2)4-6(3)10-11-7(8)9;2-1(3)4/h5H,4H2,1-3H3,(H4,8,9,11);(H,2,3,4)/b10-6-;. The van der Waals surface area contributed by atoms with E-state index in [-0.39, 0.29) is 5.96 Å². The zero-order valence-corrected chi connectivity index (χ0v) is 9.04. The van der Waals surface area contributed by atoms with Crippen LogP contribution < -0.4 is 11.5 Å². The Labute approximate surface area is 87.8 Å². The molecule has 0 saturated heterocycles. The predicted molar refractivity (Wildman–Crippen MR) is 57.2 cm³/mol. The minimum absolute atomic E-state index is 0.00751. The Kier molecular flexibility index (Phi) is 9.08. The molecule has 0 aromatic heterocycles. The normalized spacial score (nSPS) is 10.3. The van der Waals surface area contributed by atoms with Gasteiger partial charge in [0.25, 0.3) is 5.09 Å². The van der Waals surface area contributed by atoms with E-state index in [4.69, 9.17) is 26.8 Å². The van der Waals surface area contributed by atoms with Gasteiger partial charge in [-0.25, -0.2) is 0 Å². The average molecular weight is 219 g/mol. The van der Waals surface area contributed by atoms with E-state index in [1.165, 1.54) is 0 Å². The van der Waals surface area contributed by atoms with Crippen molar-refractivity contribution in [2.45, 2.75) is 27.2 Å². The monoisotopic (exact) mass is 219 g/mol. The Hall–Kier alpha value is -1.86. The van der Waals surface area contributed by atoms with Gasteiger partial charge in [0, 0.05) is 5.71 Å². The van der Waals surface area contributed by atoms with Crippen molar-refractivity contribution in [1.29, 1.82) is 0 Å². The maximum absolute atomic E-state index is 8.36. The zero-order valence-electron chi connectivity index (χ0n) is 9.04. The summed E-state index contributed by atoms with van der Waals surface area (Å²) in [5, 5.41) is 21.0. The third kappa shape index (κ3) is 24.5. The summed E-state index contributed by atoms with van der Waals surface area (Å²) in [4.78, 5) is 8.36. The molecule has 5 N–H and O–H groups in total. The third-order valence-electron chi connectivity index (χ3n) is 1.04. The van der Waals surface area contributed by atoms with Crippen LogP contribution in [-0.4, -0.2) is 22.0 Å². The smallest absolute Gasteiger partial charge is 0.291 e. The third-order valence-corrected chi connectivity index (χ3v) is 1.04. The molecule has 0 saturated carbocycles. The van der Waals surface area contributed by atoms with Gasteiger partial charge in [-0.1, -0.05) is 13.8 Å². The second kappa shape index (κ2) is 8.73. The highest BCUT2D eigenvalue weighted by molar-refractivity contribution is 5.83. The molecule has 0 atom stereocenters. The van der Waals surface area contributed by atoms with Crippen molar-refractivity contribution < 1.29 is 10.3 Å². The quantitative estimate of drug-likeness (QED) is 0.271. The second-order valence-corrected chi connectivity index (χ2v) is 3.20. The molecule has 0 aliphatic rings. The topological polar surface area (TPSA) is 140 Å². The Morgan fingerprint density at radius 1 is 1.47 bits per heavy atom. The van der Waals surface area contributed by atoms with Crippen molar-refractivity contribution in [3.63, 3.8) is 0 Å². The van der Waals surface area contributed by atoms with Crippen molar-refractivity contribution in [2.75, 3.05) is 0 Å². The summed E-state index contributed by atoms with van der Waals surface area (Å²) in [5.74, 6) is 0.598. The SMILES string of the molecule is C/C(CC(C)C)=N/N=C(N)N.O=[N+]([O-])O. The lowest BCUT2D eigenvalue weighted by atomic mass is 10.1. The summed E-state index contributed by atoms with van der Waals surface area (Å²) in [6.45, 7) is 6.15. The molecule has 0 aliphatic carbocycles. The Bertz CT molecular complexity index is 241. The number of hydrogen-bond donors (Lipinski definition) is 3. The molecule has 0 aromatic carbocycles. The maximum atomic E-state index is 8.36. The van der Waals surface area contributed by atoms with Crippen molar-refractivity contribution in [1.82, 2.24) is 0 Å². The molecule has 0 spiro atoms. The summed E-state index contributed by atoms with van der Waals surface area (Å²) in [5.41, 5.74) is 11.1. The molecule has 8 nitrogen and oxygen atoms in total. The first-order valence-electron chi connectivity index (χ1n) is 4.21. The molecule has 0 radical (unpaired) electrons. The van der Waals surface area contributed by atoms with Crippen LogP contribution in [-0.2, 0) is 0 Å². The van der Waals surface area contributed by atoms with Gasteiger partial charge in [0.05, 0.1) is 0 Å². The number of rotatable bonds is 3. The molecule has 0 amide bonds. The number of nitrogens with two attached hydrogens (primary N) is 2. The van der Waals surface area contributed by atoms with Crippen LogP contribution in [0.5, 0.6) is 0 Å². The van der Waals surface area contributed by atoms with E-state index in [1.54, 1.807) is 0 Å². The van der Waals surface area contributed by atoms with Crippen LogP contribution in [0.4, 0.5) is 0 Å². The van der Waals surface area contributed by atoms with E-state index in [9.17, 15) is 0 Å². The fraction of sp³-hybridized carbons (Fsp3) is 0.714. The van der Waals surface area contributed by atoms with Crippen molar-refractivity contribution >= 4 is 11.7 Å². The van der Waals surface area contributed by atoms with Crippen molar-refractivity contribution in [2.24, 2.45) is 27.6 Å². The zero-order chi connectivity index (χ0) is 12.4. The van der Waals surface area contributed by atoms with E-state index >= 15 is 0 Å². The number of guanidine groups is 1. The maximum Gasteiger partial charge on any atom is 0.291 e. The number of nitrogens with zero attached hydrogens (tertiary/aromatic N) is 3. The summed E-state index contributed by atoms with van der Waals surface area (Å²) in [7, 11) is 0. The summed E-state index contributed by atoms with van der Waals surface area (Å²) < 4.78 is 0. The molecule has 0 bridgehead atoms. The van der Waals surface area contributed by atoms with Gasteiger partial charge in [-0.3, -0.25) is 0 Å². The second-order valence-electron chi connectivity index (χ2n) is 3.20. The van der Waals surface area contributed by atoms with Crippen LogP contribution in [0.2, 0.25) is 0 Å². The lowest BCUT2D eigenvalue weighted by Gasteiger charge is -2.00. The molecular weight excluding hydrogens is 202 g/mol. The highest BCUT2D eigenvalue weighted by atomic mass is 16.9. The molecule has 88 valence electrons. The molecule has 0 unspecified atom stereocenters. The van der Waals surface area contributed by atoms with Crippen LogP contribution in [0.15, 0.2) is 10.2 Å². The van der Waals surface area contributed by atoms with Crippen LogP contribution in [0.3, 0.4) is 0 Å². The van der Waals surface area contributed by atoms with E-state index in [0.29, 0.717) is 5.92 Å². The van der Waals surface area contributed by atoms with Crippen LogP contribution in [0, 0.1) is 16.0 Å². The van der Waals surface area contributed by atoms with Gasteiger partial charge in [0.1, 0.15) is 0 Å². The minimum atomic E-state index is -1.50. The first-order chi connectivity index (χ1) is 6.75. The fourth-order valence-electron chi connectivity index (χ4n) is 0.775. The molecule has 0 aliphatic heterocycles. The predicted octanol–water partition coefficient (Wildman–Crippen LogP) is 0.334. The summed E-state index contributed by atoms with van der Waals surface area (Å²) in [6.07, 6.45) is 0.927. The van der Waals surface area contributed by atoms with Gasteiger partial charge in [0.15, 0.2) is 0 Å². The van der Waals surface area contributed by atoms with E-state index in [2.05, 4.69) is 24.1 Å². The Morgan fingerprint density at radius 2 is 1.87 bits per heavy atom. The molecule has 0 rings (SSSR count). The van der Waals surface area contributed by atoms with Gasteiger partial charge < -0.3 is 16.7 Å². The van der Waals surface area contributed by atoms with Gasteiger partial charge >= 0.3 is 0 Å². The van der Waals surface area contributed by atoms with Gasteiger partial charge in [-0.2, -0.15) is 5.10 Å². The molecule has 15 heavy (non-hydrogen) atoms. The first-order valence-corrected chi connectivity index (χ1v) is 4.21. The van der Waals surface area contributed by atoms with Crippen molar-refractivity contribution in [3.8, 4) is 0 Å². The van der Waals surface area contributed by atoms with Gasteiger partial charge in [-0.15, -0.1) is 15.2 Å². The number of hydrogen-bond acceptors (Lipinski definition) is 4. The highest BCUT2D eigenvalue weighted by Gasteiger charge is 1.95.